The molecule has 6 N–H and O–H groups in total. The number of nitrogens with one attached hydrogen (secondary N) is 3. The lowest BCUT2D eigenvalue weighted by molar-refractivity contribution is -0.137. The lowest BCUT2D eigenvalue weighted by Gasteiger charge is -2.21. The van der Waals surface area contributed by atoms with Crippen LogP contribution in [0, 0.1) is 25.7 Å². The number of aromatic amines is 2. The number of thiol groups is 1. The summed E-state index contributed by atoms with van der Waals surface area (Å²) in [6.45, 7) is 11.6. The molecule has 4 heterocycles. The van der Waals surface area contributed by atoms with E-state index >= 15 is 0 Å². The van der Waals surface area contributed by atoms with Gasteiger partial charge in [-0.25, -0.2) is 4.99 Å². The number of carboxylic acid groups (broad SMARTS) is 1. The standard InChI is InChI=1S/C33H44N4O6S/c1-7-20-15(2)25(36-33(20)43)12-23-16(3)21(8-10-29(38)39)26(34-23)14-27-22(9-11-30(40)41)17(4)24(35-27)13-28-31(19(6)44)18(5)32(42)37-28/h13-14,18-19,28-29,31,34-35,38-39,44H,7-12H2,1-6H3,(H,37,42)(H,40,41)/b24-13+,27-14-/t18-,19-,28?,31+/m1/s1. The summed E-state index contributed by atoms with van der Waals surface area (Å²) in [4.78, 5) is 47.8. The Hall–Kier alpha value is -3.41. The highest BCUT2D eigenvalue weighted by Crippen LogP contribution is 2.30. The number of aliphatic carboxylic acids is 1. The molecule has 11 heteroatoms. The van der Waals surface area contributed by atoms with Crippen molar-refractivity contribution in [2.24, 2.45) is 16.8 Å². The van der Waals surface area contributed by atoms with E-state index in [1.54, 1.807) is 0 Å². The van der Waals surface area contributed by atoms with Gasteiger partial charge in [0, 0.05) is 64.0 Å². The fourth-order valence-electron chi connectivity index (χ4n) is 6.57. The monoisotopic (exact) mass is 624 g/mol. The van der Waals surface area contributed by atoms with Crippen LogP contribution in [-0.4, -0.2) is 66.4 Å². The Morgan fingerprint density at radius 3 is 2.36 bits per heavy atom. The zero-order valence-corrected chi connectivity index (χ0v) is 27.1. The molecule has 1 saturated heterocycles. The van der Waals surface area contributed by atoms with Gasteiger partial charge in [-0.15, -0.1) is 0 Å². The summed E-state index contributed by atoms with van der Waals surface area (Å²) < 4.78 is 0. The van der Waals surface area contributed by atoms with Gasteiger partial charge in [0.15, 0.2) is 6.29 Å². The molecule has 2 aromatic heterocycles. The number of aromatic nitrogens is 2. The highest BCUT2D eigenvalue weighted by Gasteiger charge is 2.40. The van der Waals surface area contributed by atoms with E-state index in [0.717, 1.165) is 55.5 Å². The Bertz CT molecular complexity index is 1640. The van der Waals surface area contributed by atoms with Crippen molar-refractivity contribution in [3.05, 3.63) is 55.5 Å². The number of amides is 2. The van der Waals surface area contributed by atoms with E-state index in [1.807, 2.05) is 53.7 Å². The first-order valence-corrected chi connectivity index (χ1v) is 15.7. The van der Waals surface area contributed by atoms with Crippen LogP contribution in [0.3, 0.4) is 0 Å². The Morgan fingerprint density at radius 1 is 1.07 bits per heavy atom. The highest BCUT2D eigenvalue weighted by atomic mass is 32.1. The topological polar surface area (TPSA) is 168 Å². The molecule has 4 atom stereocenters. The molecule has 0 radical (unpaired) electrons. The molecule has 44 heavy (non-hydrogen) atoms. The Morgan fingerprint density at radius 2 is 1.77 bits per heavy atom. The number of rotatable bonds is 12. The summed E-state index contributed by atoms with van der Waals surface area (Å²) in [6.07, 6.45) is 4.28. The van der Waals surface area contributed by atoms with Gasteiger partial charge in [0.2, 0.25) is 5.91 Å². The lowest BCUT2D eigenvalue weighted by Crippen LogP contribution is -2.32. The molecular weight excluding hydrogens is 580 g/mol. The van der Waals surface area contributed by atoms with Gasteiger partial charge in [0.25, 0.3) is 5.91 Å². The number of allylic oxidation sites excluding steroid dienone is 1. The first-order valence-electron chi connectivity index (χ1n) is 15.2. The first-order chi connectivity index (χ1) is 20.7. The van der Waals surface area contributed by atoms with Crippen molar-refractivity contribution in [1.29, 1.82) is 0 Å². The normalized spacial score (nSPS) is 22.0. The van der Waals surface area contributed by atoms with Crippen molar-refractivity contribution in [3.8, 4) is 0 Å². The molecule has 2 amide bonds. The predicted octanol–water partition coefficient (Wildman–Crippen LogP) is 2.15. The largest absolute Gasteiger partial charge is 0.481 e. The van der Waals surface area contributed by atoms with Crippen molar-refractivity contribution in [3.63, 3.8) is 0 Å². The second-order valence-corrected chi connectivity index (χ2v) is 12.9. The number of aliphatic hydroxyl groups is 2. The molecule has 2 aromatic rings. The second kappa shape index (κ2) is 13.7. The molecule has 2 aliphatic heterocycles. The third kappa shape index (κ3) is 6.95. The molecule has 2 aliphatic rings. The number of H-pyrrole nitrogens is 2. The van der Waals surface area contributed by atoms with Crippen LogP contribution in [0.25, 0.3) is 12.2 Å². The lowest BCUT2D eigenvalue weighted by atomic mass is 9.88. The molecule has 1 unspecified atom stereocenters. The third-order valence-electron chi connectivity index (χ3n) is 9.19. The highest BCUT2D eigenvalue weighted by molar-refractivity contribution is 7.80. The van der Waals surface area contributed by atoms with Crippen molar-refractivity contribution < 1.29 is 29.7 Å². The minimum Gasteiger partial charge on any atom is -0.481 e. The molecule has 0 spiro atoms. The average Bonchev–Trinajstić information content (AvgIpc) is 3.59. The molecule has 1 fully saturated rings. The summed E-state index contributed by atoms with van der Waals surface area (Å²) in [5.74, 6) is -1.32. The zero-order valence-electron chi connectivity index (χ0n) is 26.2. The maximum atomic E-state index is 12.5. The van der Waals surface area contributed by atoms with Crippen molar-refractivity contribution in [2.75, 3.05) is 0 Å². The van der Waals surface area contributed by atoms with Crippen LogP contribution in [0.15, 0.2) is 16.1 Å². The minimum atomic E-state index is -1.47. The SMILES string of the molecule is CCC1=C(C)C(Cc2[nH]c(/C=c3\[nH]/c(=C/C4NC(=O)[C@H](C)[C@H]4[C@@H](C)S)c(C)c3CCC(=O)O)c(CCC(O)O)c2C)=NC1=O. The fraction of sp³-hybridized carbons (Fsp3) is 0.515. The summed E-state index contributed by atoms with van der Waals surface area (Å²) in [7, 11) is 0. The van der Waals surface area contributed by atoms with E-state index in [2.05, 4.69) is 32.9 Å². The molecule has 4 rings (SSSR count). The maximum absolute atomic E-state index is 12.5. The van der Waals surface area contributed by atoms with Gasteiger partial charge in [0.05, 0.1) is 11.8 Å². The number of aliphatic hydroxyl groups excluding tert-OH is 1. The van der Waals surface area contributed by atoms with Crippen LogP contribution in [0.4, 0.5) is 0 Å². The van der Waals surface area contributed by atoms with E-state index in [1.165, 1.54) is 0 Å². The molecule has 10 nitrogen and oxygen atoms in total. The van der Waals surface area contributed by atoms with Crippen LogP contribution in [0.2, 0.25) is 0 Å². The van der Waals surface area contributed by atoms with Crippen molar-refractivity contribution in [2.45, 2.75) is 97.6 Å². The first kappa shape index (κ1) is 33.5. The smallest absolute Gasteiger partial charge is 0.303 e. The fourth-order valence-corrected chi connectivity index (χ4v) is 7.01. The van der Waals surface area contributed by atoms with E-state index in [0.29, 0.717) is 31.4 Å². The zero-order chi connectivity index (χ0) is 32.5. The van der Waals surface area contributed by atoms with E-state index < -0.39 is 12.3 Å². The molecule has 238 valence electrons. The van der Waals surface area contributed by atoms with Gasteiger partial charge in [-0.3, -0.25) is 14.4 Å². The van der Waals surface area contributed by atoms with Gasteiger partial charge in [-0.2, -0.15) is 12.6 Å². The number of hydrogen-bond acceptors (Lipinski definition) is 6. The Labute approximate surface area is 262 Å². The summed E-state index contributed by atoms with van der Waals surface area (Å²) >= 11 is 4.65. The molecule has 0 aliphatic carbocycles. The second-order valence-electron chi connectivity index (χ2n) is 12.0. The summed E-state index contributed by atoms with van der Waals surface area (Å²) in [5, 5.41) is 33.4. The summed E-state index contributed by atoms with van der Waals surface area (Å²) in [6, 6.07) is -0.234. The minimum absolute atomic E-state index is 0.00956. The van der Waals surface area contributed by atoms with Crippen LogP contribution in [0.5, 0.6) is 0 Å². The van der Waals surface area contributed by atoms with Crippen molar-refractivity contribution in [1.82, 2.24) is 15.3 Å². The number of nitrogens with zero attached hydrogens (tertiary/aromatic N) is 1. The van der Waals surface area contributed by atoms with Crippen LogP contribution < -0.4 is 16.0 Å². The number of carbonyl (C=O) groups is 3. The van der Waals surface area contributed by atoms with Gasteiger partial charge in [-0.1, -0.05) is 20.8 Å². The van der Waals surface area contributed by atoms with Gasteiger partial charge in [-0.05, 0) is 80.0 Å². The Kier molecular flexibility index (Phi) is 10.4. The van der Waals surface area contributed by atoms with E-state index in [9.17, 15) is 29.7 Å². The Balaban J connectivity index is 1.85. The van der Waals surface area contributed by atoms with Crippen molar-refractivity contribution >= 4 is 48.3 Å². The molecule has 0 aromatic carbocycles. The predicted molar refractivity (Wildman–Crippen MR) is 173 cm³/mol. The van der Waals surface area contributed by atoms with Gasteiger partial charge >= 0.3 is 5.97 Å². The van der Waals surface area contributed by atoms with Crippen LogP contribution >= 0.6 is 12.6 Å². The van der Waals surface area contributed by atoms with Gasteiger partial charge in [0.1, 0.15) is 0 Å². The average molecular weight is 625 g/mol. The maximum Gasteiger partial charge on any atom is 0.303 e. The number of aliphatic imine (C=N–C) groups is 1. The van der Waals surface area contributed by atoms with E-state index in [4.69, 9.17) is 0 Å². The third-order valence-corrected chi connectivity index (χ3v) is 9.54. The van der Waals surface area contributed by atoms with E-state index in [-0.39, 0.29) is 47.8 Å². The van der Waals surface area contributed by atoms with Crippen LogP contribution in [-0.2, 0) is 33.6 Å². The molecule has 0 bridgehead atoms. The van der Waals surface area contributed by atoms with Gasteiger partial charge < -0.3 is 30.6 Å². The quantitative estimate of drug-likeness (QED) is 0.141. The molecular formula is C33H44N4O6S. The number of carboxylic acids is 1. The van der Waals surface area contributed by atoms with Crippen LogP contribution in [0.1, 0.15) is 80.6 Å². The number of hydrogen-bond donors (Lipinski definition) is 7. The number of carbonyl (C=O) groups excluding carboxylic acids is 2. The molecule has 0 saturated carbocycles. The summed E-state index contributed by atoms with van der Waals surface area (Å²) in [5.41, 5.74) is 7.56.